The molecule has 0 aromatic heterocycles. The molecular weight excluding hydrogens is 520 g/mol. The van der Waals surface area contributed by atoms with Crippen LogP contribution in [-0.2, 0) is 16.2 Å². The first kappa shape index (κ1) is 26.5. The molecule has 2 rings (SSSR count). The highest BCUT2D eigenvalue weighted by molar-refractivity contribution is 7.97. The third kappa shape index (κ3) is 7.10. The molecule has 1 aromatic rings. The van der Waals surface area contributed by atoms with Crippen LogP contribution in [0.5, 0.6) is 5.75 Å². The van der Waals surface area contributed by atoms with Gasteiger partial charge in [-0.2, -0.15) is 13.2 Å². The molecule has 0 bridgehead atoms. The predicted molar refractivity (Wildman–Crippen MR) is 121 cm³/mol. The zero-order valence-electron chi connectivity index (χ0n) is 16.4. The molecule has 0 aliphatic carbocycles. The zero-order valence-corrected chi connectivity index (χ0v) is 20.4. The highest BCUT2D eigenvalue weighted by atomic mass is 35.5. The van der Waals surface area contributed by atoms with Gasteiger partial charge in [0.1, 0.15) is 10.7 Å². The maximum Gasteiger partial charge on any atom is 0.419 e. The summed E-state index contributed by atoms with van der Waals surface area (Å²) < 4.78 is 73.0. The molecule has 31 heavy (non-hydrogen) atoms. The maximum atomic E-state index is 13.4. The van der Waals surface area contributed by atoms with E-state index in [1.54, 1.807) is 0 Å². The number of hydrogen-bond donors (Lipinski definition) is 2. The molecule has 1 unspecified atom stereocenters. The SMILES string of the molecule is C/C(Cl)=C(\C(Cl)=C(/S)Cl)S(=O)(=O)Nc1ccc(C(F)(F)F)c(OCC2CCN(C)C2)c1. The van der Waals surface area contributed by atoms with Crippen LogP contribution in [0.25, 0.3) is 0 Å². The number of allylic oxidation sites excluding steroid dienone is 2. The average molecular weight is 540 g/mol. The maximum absolute atomic E-state index is 13.4. The van der Waals surface area contributed by atoms with Crippen LogP contribution in [-0.4, -0.2) is 40.1 Å². The number of sulfonamides is 1. The number of nitrogens with one attached hydrogen (secondary N) is 1. The number of anilines is 1. The van der Waals surface area contributed by atoms with Crippen molar-refractivity contribution in [2.24, 2.45) is 5.92 Å². The summed E-state index contributed by atoms with van der Waals surface area (Å²) in [5.74, 6) is -0.411. The lowest BCUT2D eigenvalue weighted by Crippen LogP contribution is -2.19. The molecule has 1 aromatic carbocycles. The fourth-order valence-electron chi connectivity index (χ4n) is 3.06. The summed E-state index contributed by atoms with van der Waals surface area (Å²) >= 11 is 21.2. The smallest absolute Gasteiger partial charge is 0.419 e. The van der Waals surface area contributed by atoms with Crippen LogP contribution in [0.2, 0.25) is 0 Å². The van der Waals surface area contributed by atoms with E-state index in [4.69, 9.17) is 39.5 Å². The molecule has 1 saturated heterocycles. The first-order valence-electron chi connectivity index (χ1n) is 8.88. The topological polar surface area (TPSA) is 58.6 Å². The molecule has 1 atom stereocenters. The Hall–Kier alpha value is -0.780. The number of likely N-dealkylation sites (tertiary alicyclic amines) is 1. The second-order valence-electron chi connectivity index (χ2n) is 7.01. The number of hydrogen-bond acceptors (Lipinski definition) is 5. The Morgan fingerprint density at radius 3 is 2.45 bits per heavy atom. The van der Waals surface area contributed by atoms with Gasteiger partial charge in [0.05, 0.1) is 27.3 Å². The third-order valence-corrected chi connectivity index (χ3v) is 7.45. The Labute approximate surface area is 199 Å². The van der Waals surface area contributed by atoms with Crippen molar-refractivity contribution in [3.8, 4) is 5.75 Å². The molecule has 0 amide bonds. The highest BCUT2D eigenvalue weighted by Crippen LogP contribution is 2.39. The monoisotopic (exact) mass is 538 g/mol. The van der Waals surface area contributed by atoms with Crippen molar-refractivity contribution in [3.63, 3.8) is 0 Å². The van der Waals surface area contributed by atoms with E-state index in [0.717, 1.165) is 31.2 Å². The van der Waals surface area contributed by atoms with E-state index in [1.807, 2.05) is 7.05 Å². The van der Waals surface area contributed by atoms with Gasteiger partial charge in [0, 0.05) is 23.6 Å². The van der Waals surface area contributed by atoms with Crippen molar-refractivity contribution in [1.29, 1.82) is 0 Å². The minimum absolute atomic E-state index is 0.0688. The van der Waals surface area contributed by atoms with Gasteiger partial charge in [-0.05, 0) is 39.1 Å². The van der Waals surface area contributed by atoms with Crippen molar-refractivity contribution in [3.05, 3.63) is 43.1 Å². The average Bonchev–Trinajstić information content (AvgIpc) is 3.03. The van der Waals surface area contributed by atoms with Crippen LogP contribution in [0.4, 0.5) is 18.9 Å². The molecule has 1 heterocycles. The molecule has 174 valence electrons. The van der Waals surface area contributed by atoms with Gasteiger partial charge in [0.25, 0.3) is 10.0 Å². The normalized spacial score (nSPS) is 19.7. The van der Waals surface area contributed by atoms with E-state index >= 15 is 0 Å². The Balaban J connectivity index is 2.36. The van der Waals surface area contributed by atoms with Crippen molar-refractivity contribution in [1.82, 2.24) is 4.90 Å². The van der Waals surface area contributed by atoms with E-state index in [-0.39, 0.29) is 27.6 Å². The number of alkyl halides is 3. The van der Waals surface area contributed by atoms with Gasteiger partial charge >= 0.3 is 6.18 Å². The van der Waals surface area contributed by atoms with Crippen molar-refractivity contribution >= 4 is 63.1 Å². The molecule has 5 nitrogen and oxygen atoms in total. The second-order valence-corrected chi connectivity index (χ2v) is 10.7. The standard InChI is InChI=1S/C18H20Cl3F3N2O3S2/c1-10(19)16(15(20)17(21)30)31(27,28)25-12-3-4-13(18(22,23)24)14(7-12)29-9-11-5-6-26(2)8-11/h3-4,7,11,25,30H,5-6,8-9H2,1-2H3/b16-10-,17-15+. The van der Waals surface area contributed by atoms with Gasteiger partial charge in [-0.3, -0.25) is 4.72 Å². The van der Waals surface area contributed by atoms with Crippen molar-refractivity contribution in [2.45, 2.75) is 19.5 Å². The third-order valence-electron chi connectivity index (χ3n) is 4.46. The fourth-order valence-corrected chi connectivity index (χ4v) is 5.54. The number of rotatable bonds is 7. The summed E-state index contributed by atoms with van der Waals surface area (Å²) in [5.41, 5.74) is -1.18. The van der Waals surface area contributed by atoms with E-state index in [0.29, 0.717) is 6.54 Å². The lowest BCUT2D eigenvalue weighted by Gasteiger charge is -2.18. The first-order valence-corrected chi connectivity index (χ1v) is 11.9. The quantitative estimate of drug-likeness (QED) is 0.338. The van der Waals surface area contributed by atoms with Crippen LogP contribution >= 0.6 is 47.4 Å². The zero-order chi connectivity index (χ0) is 23.6. The lowest BCUT2D eigenvalue weighted by atomic mass is 10.1. The molecule has 1 fully saturated rings. The van der Waals surface area contributed by atoms with Gasteiger partial charge in [-0.1, -0.05) is 34.8 Å². The number of halogens is 6. The molecule has 1 aliphatic heterocycles. The molecule has 13 heteroatoms. The van der Waals surface area contributed by atoms with Crippen LogP contribution < -0.4 is 9.46 Å². The van der Waals surface area contributed by atoms with Crippen LogP contribution in [0.15, 0.2) is 37.5 Å². The molecule has 0 radical (unpaired) electrons. The number of thiol groups is 1. The molecule has 1 aliphatic rings. The van der Waals surface area contributed by atoms with Crippen LogP contribution in [0.1, 0.15) is 18.9 Å². The summed E-state index contributed by atoms with van der Waals surface area (Å²) in [4.78, 5) is 1.50. The van der Waals surface area contributed by atoms with Crippen LogP contribution in [0, 0.1) is 5.92 Å². The second kappa shape index (κ2) is 10.4. The van der Waals surface area contributed by atoms with Crippen molar-refractivity contribution in [2.75, 3.05) is 31.5 Å². The highest BCUT2D eigenvalue weighted by Gasteiger charge is 2.35. The van der Waals surface area contributed by atoms with Gasteiger partial charge in [-0.15, -0.1) is 12.6 Å². The Bertz CT molecular complexity index is 990. The molecule has 0 saturated carbocycles. The molecule has 1 N–H and O–H groups in total. The summed E-state index contributed by atoms with van der Waals surface area (Å²) in [7, 11) is -2.48. The van der Waals surface area contributed by atoms with E-state index in [1.165, 1.54) is 6.92 Å². The van der Waals surface area contributed by atoms with E-state index in [9.17, 15) is 21.6 Å². The summed E-state index contributed by atoms with van der Waals surface area (Å²) in [6.07, 6.45) is -3.88. The Kier molecular flexibility index (Phi) is 8.91. The van der Waals surface area contributed by atoms with E-state index in [2.05, 4.69) is 22.3 Å². The van der Waals surface area contributed by atoms with Crippen LogP contribution in [0.3, 0.4) is 0 Å². The summed E-state index contributed by atoms with van der Waals surface area (Å²) in [6.45, 7) is 2.87. The van der Waals surface area contributed by atoms with Gasteiger partial charge < -0.3 is 9.64 Å². The largest absolute Gasteiger partial charge is 0.493 e. The summed E-state index contributed by atoms with van der Waals surface area (Å²) in [5, 5.41) is -0.642. The molecule has 0 spiro atoms. The molecular formula is C18H20Cl3F3N2O3S2. The minimum Gasteiger partial charge on any atom is -0.493 e. The number of ether oxygens (including phenoxy) is 1. The lowest BCUT2D eigenvalue weighted by molar-refractivity contribution is -0.139. The van der Waals surface area contributed by atoms with Gasteiger partial charge in [0.15, 0.2) is 0 Å². The minimum atomic E-state index is -4.68. The number of benzene rings is 1. The van der Waals surface area contributed by atoms with Gasteiger partial charge in [-0.25, -0.2) is 8.42 Å². The summed E-state index contributed by atoms with van der Waals surface area (Å²) in [6, 6.07) is 2.69. The Morgan fingerprint density at radius 2 is 1.97 bits per heavy atom. The predicted octanol–water partition coefficient (Wildman–Crippen LogP) is 5.82. The fraction of sp³-hybridized carbons (Fsp3) is 0.444. The van der Waals surface area contributed by atoms with E-state index < -0.39 is 37.4 Å². The van der Waals surface area contributed by atoms with Gasteiger partial charge in [0.2, 0.25) is 0 Å². The number of nitrogens with zero attached hydrogens (tertiary/aromatic N) is 1. The van der Waals surface area contributed by atoms with Crippen molar-refractivity contribution < 1.29 is 26.3 Å². The first-order chi connectivity index (χ1) is 14.2. The Morgan fingerprint density at radius 1 is 1.32 bits per heavy atom.